The van der Waals surface area contributed by atoms with Gasteiger partial charge in [0.25, 0.3) is 0 Å². The van der Waals surface area contributed by atoms with Crippen LogP contribution in [0, 0.1) is 0 Å². The minimum Gasteiger partial charge on any atom is -0.507 e. The molecule has 2 rings (SSSR count). The summed E-state index contributed by atoms with van der Waals surface area (Å²) in [5.41, 5.74) is 1.75. The summed E-state index contributed by atoms with van der Waals surface area (Å²) in [7, 11) is 0. The van der Waals surface area contributed by atoms with Gasteiger partial charge in [-0.2, -0.15) is 0 Å². The first-order valence-corrected chi connectivity index (χ1v) is 7.06. The quantitative estimate of drug-likeness (QED) is 0.861. The highest BCUT2D eigenvalue weighted by molar-refractivity contribution is 5.73. The third kappa shape index (κ3) is 4.98. The van der Waals surface area contributed by atoms with Crippen molar-refractivity contribution in [3.63, 3.8) is 0 Å². The van der Waals surface area contributed by atoms with Gasteiger partial charge < -0.3 is 15.2 Å². The fourth-order valence-corrected chi connectivity index (χ4v) is 1.88. The van der Waals surface area contributed by atoms with Crippen LogP contribution in [-0.4, -0.2) is 17.6 Å². The maximum absolute atomic E-state index is 10.7. The van der Waals surface area contributed by atoms with Crippen molar-refractivity contribution < 1.29 is 14.6 Å². The summed E-state index contributed by atoms with van der Waals surface area (Å²) in [6.07, 6.45) is 3.53. The zero-order valence-corrected chi connectivity index (χ0v) is 12.5. The molecule has 0 bridgehead atoms. The molecule has 0 aromatic heterocycles. The number of amides is 1. The first-order chi connectivity index (χ1) is 10.6. The maximum Gasteiger partial charge on any atom is 0.217 e. The second-order valence-electron chi connectivity index (χ2n) is 4.83. The summed E-state index contributed by atoms with van der Waals surface area (Å²) in [5.74, 6) is 0.670. The highest BCUT2D eigenvalue weighted by Gasteiger charge is 2.01. The summed E-state index contributed by atoms with van der Waals surface area (Å²) < 4.78 is 5.64. The van der Waals surface area contributed by atoms with Crippen molar-refractivity contribution in [2.24, 2.45) is 0 Å². The van der Waals surface area contributed by atoms with Crippen LogP contribution < -0.4 is 10.1 Å². The van der Waals surface area contributed by atoms with E-state index >= 15 is 0 Å². The van der Waals surface area contributed by atoms with Gasteiger partial charge in [0.1, 0.15) is 18.1 Å². The smallest absolute Gasteiger partial charge is 0.217 e. The molecule has 0 saturated heterocycles. The van der Waals surface area contributed by atoms with Crippen molar-refractivity contribution in [2.45, 2.75) is 13.5 Å². The van der Waals surface area contributed by atoms with Crippen LogP contribution in [0.4, 0.5) is 0 Å². The number of phenolic OH excluding ortho intramolecular Hbond substituents is 1. The molecule has 2 N–H and O–H groups in total. The molecular weight excluding hydrogens is 278 g/mol. The predicted molar refractivity (Wildman–Crippen MR) is 86.6 cm³/mol. The minimum atomic E-state index is -0.0847. The van der Waals surface area contributed by atoms with Crippen LogP contribution in [0.3, 0.4) is 0 Å². The fourth-order valence-electron chi connectivity index (χ4n) is 1.88. The molecule has 0 spiro atoms. The van der Waals surface area contributed by atoms with Crippen molar-refractivity contribution in [1.29, 1.82) is 0 Å². The molecule has 114 valence electrons. The van der Waals surface area contributed by atoms with E-state index in [4.69, 9.17) is 4.74 Å². The Labute approximate surface area is 130 Å². The Balaban J connectivity index is 1.93. The number of aromatic hydroxyl groups is 1. The molecule has 0 aliphatic heterocycles. The van der Waals surface area contributed by atoms with E-state index in [1.54, 1.807) is 30.4 Å². The lowest BCUT2D eigenvalue weighted by molar-refractivity contribution is -0.118. The molecule has 2 aromatic carbocycles. The summed E-state index contributed by atoms with van der Waals surface area (Å²) in [4.78, 5) is 10.7. The average molecular weight is 297 g/mol. The van der Waals surface area contributed by atoms with Crippen LogP contribution in [0.15, 0.2) is 54.6 Å². The SMILES string of the molecule is CC(=O)NCC=Cc1ccc(OCc2ccccc2)cc1O. The van der Waals surface area contributed by atoms with Gasteiger partial charge in [0.15, 0.2) is 0 Å². The molecule has 0 saturated carbocycles. The van der Waals surface area contributed by atoms with Gasteiger partial charge in [-0.15, -0.1) is 0 Å². The second kappa shape index (κ2) is 7.88. The lowest BCUT2D eigenvalue weighted by atomic mass is 10.1. The minimum absolute atomic E-state index is 0.0847. The van der Waals surface area contributed by atoms with Crippen LogP contribution in [0.5, 0.6) is 11.5 Å². The van der Waals surface area contributed by atoms with Gasteiger partial charge in [-0.3, -0.25) is 4.79 Å². The molecule has 4 nitrogen and oxygen atoms in total. The topological polar surface area (TPSA) is 58.6 Å². The van der Waals surface area contributed by atoms with Gasteiger partial charge in [0, 0.05) is 25.1 Å². The standard InChI is InChI=1S/C18H19NO3/c1-14(20)19-11-5-8-16-9-10-17(12-18(16)21)22-13-15-6-3-2-4-7-15/h2-10,12,21H,11,13H2,1H3,(H,19,20). The normalized spacial score (nSPS) is 10.6. The molecule has 0 unspecified atom stereocenters. The lowest BCUT2D eigenvalue weighted by Gasteiger charge is -2.08. The fraction of sp³-hybridized carbons (Fsp3) is 0.167. The van der Waals surface area contributed by atoms with Gasteiger partial charge in [0.2, 0.25) is 5.91 Å². The van der Waals surface area contributed by atoms with Crippen LogP contribution in [0.1, 0.15) is 18.1 Å². The summed E-state index contributed by atoms with van der Waals surface area (Å²) in [5, 5.41) is 12.6. The number of ether oxygens (including phenoxy) is 1. The molecular formula is C18H19NO3. The Morgan fingerprint density at radius 3 is 2.68 bits per heavy atom. The zero-order valence-electron chi connectivity index (χ0n) is 12.5. The predicted octanol–water partition coefficient (Wildman–Crippen LogP) is 3.12. The Morgan fingerprint density at radius 1 is 1.23 bits per heavy atom. The molecule has 0 radical (unpaired) electrons. The molecule has 2 aromatic rings. The summed E-state index contributed by atoms with van der Waals surface area (Å²) >= 11 is 0. The van der Waals surface area contributed by atoms with Crippen LogP contribution in [0.25, 0.3) is 6.08 Å². The van der Waals surface area contributed by atoms with Gasteiger partial charge >= 0.3 is 0 Å². The van der Waals surface area contributed by atoms with E-state index in [9.17, 15) is 9.90 Å². The number of phenols is 1. The van der Waals surface area contributed by atoms with E-state index in [2.05, 4.69) is 5.32 Å². The molecule has 0 aliphatic carbocycles. The van der Waals surface area contributed by atoms with Crippen LogP contribution in [0.2, 0.25) is 0 Å². The van der Waals surface area contributed by atoms with Crippen molar-refractivity contribution >= 4 is 12.0 Å². The first kappa shape index (κ1) is 15.6. The molecule has 1 amide bonds. The third-order valence-corrected chi connectivity index (χ3v) is 3.02. The summed E-state index contributed by atoms with van der Waals surface area (Å²) in [6, 6.07) is 15.0. The highest BCUT2D eigenvalue weighted by Crippen LogP contribution is 2.25. The van der Waals surface area contributed by atoms with Gasteiger partial charge in [-0.25, -0.2) is 0 Å². The van der Waals surface area contributed by atoms with Crippen LogP contribution >= 0.6 is 0 Å². The van der Waals surface area contributed by atoms with Crippen molar-refractivity contribution in [2.75, 3.05) is 6.54 Å². The number of nitrogens with one attached hydrogen (secondary N) is 1. The van der Waals surface area contributed by atoms with Crippen molar-refractivity contribution in [3.8, 4) is 11.5 Å². The number of benzene rings is 2. The van der Waals surface area contributed by atoms with E-state index in [-0.39, 0.29) is 11.7 Å². The number of hydrogen-bond donors (Lipinski definition) is 2. The zero-order chi connectivity index (χ0) is 15.8. The number of rotatable bonds is 6. The molecule has 0 atom stereocenters. The van der Waals surface area contributed by atoms with Gasteiger partial charge in [-0.05, 0) is 17.7 Å². The Hall–Kier alpha value is -2.75. The molecule has 22 heavy (non-hydrogen) atoms. The van der Waals surface area contributed by atoms with E-state index in [0.29, 0.717) is 24.5 Å². The second-order valence-corrected chi connectivity index (χ2v) is 4.83. The van der Waals surface area contributed by atoms with E-state index in [0.717, 1.165) is 5.56 Å². The molecule has 0 heterocycles. The lowest BCUT2D eigenvalue weighted by Crippen LogP contribution is -2.19. The van der Waals surface area contributed by atoms with Crippen molar-refractivity contribution in [3.05, 3.63) is 65.7 Å². The third-order valence-electron chi connectivity index (χ3n) is 3.02. The van der Waals surface area contributed by atoms with E-state index in [1.807, 2.05) is 30.3 Å². The monoisotopic (exact) mass is 297 g/mol. The number of carbonyl (C=O) groups excluding carboxylic acids is 1. The number of carbonyl (C=O) groups is 1. The molecule has 0 fully saturated rings. The Bertz CT molecular complexity index is 651. The van der Waals surface area contributed by atoms with Gasteiger partial charge in [0.05, 0.1) is 0 Å². The van der Waals surface area contributed by atoms with Crippen LogP contribution in [-0.2, 0) is 11.4 Å². The Morgan fingerprint density at radius 2 is 2.00 bits per heavy atom. The molecule has 0 aliphatic rings. The van der Waals surface area contributed by atoms with E-state index in [1.165, 1.54) is 6.92 Å². The number of hydrogen-bond acceptors (Lipinski definition) is 3. The first-order valence-electron chi connectivity index (χ1n) is 7.06. The summed E-state index contributed by atoms with van der Waals surface area (Å²) in [6.45, 7) is 2.35. The largest absolute Gasteiger partial charge is 0.507 e. The average Bonchev–Trinajstić information content (AvgIpc) is 2.52. The highest BCUT2D eigenvalue weighted by atomic mass is 16.5. The Kier molecular flexibility index (Phi) is 5.60. The van der Waals surface area contributed by atoms with Crippen molar-refractivity contribution in [1.82, 2.24) is 5.32 Å². The van der Waals surface area contributed by atoms with Gasteiger partial charge in [-0.1, -0.05) is 42.5 Å². The maximum atomic E-state index is 10.7. The van der Waals surface area contributed by atoms with E-state index < -0.39 is 0 Å². The molecule has 4 heteroatoms.